The summed E-state index contributed by atoms with van der Waals surface area (Å²) in [5.74, 6) is 0.565. The van der Waals surface area contributed by atoms with E-state index in [0.29, 0.717) is 31.0 Å². The van der Waals surface area contributed by atoms with E-state index in [1.807, 2.05) is 32.9 Å². The third-order valence-corrected chi connectivity index (χ3v) is 4.86. The summed E-state index contributed by atoms with van der Waals surface area (Å²) in [5.41, 5.74) is 1.02. The Balaban J connectivity index is 1.63. The third-order valence-electron chi connectivity index (χ3n) is 4.86. The van der Waals surface area contributed by atoms with Gasteiger partial charge in [-0.25, -0.2) is 4.79 Å². The van der Waals surface area contributed by atoms with E-state index in [0.717, 1.165) is 18.7 Å². The molecule has 0 aromatic heterocycles. The minimum atomic E-state index is -0.489. The Morgan fingerprint density at radius 2 is 2.07 bits per heavy atom. The summed E-state index contributed by atoms with van der Waals surface area (Å²) < 4.78 is 16.9. The maximum Gasteiger partial charge on any atom is 0.410 e. The van der Waals surface area contributed by atoms with E-state index in [2.05, 4.69) is 11.0 Å². The molecule has 1 aromatic rings. The summed E-state index contributed by atoms with van der Waals surface area (Å²) in [6, 6.07) is 7.86. The van der Waals surface area contributed by atoms with Crippen LogP contribution < -0.4 is 4.74 Å². The summed E-state index contributed by atoms with van der Waals surface area (Å²) in [6.07, 6.45) is -0.336. The molecule has 0 aliphatic carbocycles. The number of ether oxygens (including phenoxy) is 3. The summed E-state index contributed by atoms with van der Waals surface area (Å²) in [7, 11) is 1.56. The molecular weight excluding hydrogens is 346 g/mol. The van der Waals surface area contributed by atoms with Crippen molar-refractivity contribution < 1.29 is 19.0 Å². The first-order valence-corrected chi connectivity index (χ1v) is 9.22. The van der Waals surface area contributed by atoms with E-state index < -0.39 is 5.60 Å². The van der Waals surface area contributed by atoms with Crippen molar-refractivity contribution in [2.45, 2.75) is 38.5 Å². The van der Waals surface area contributed by atoms with E-state index in [-0.39, 0.29) is 18.2 Å². The van der Waals surface area contributed by atoms with E-state index in [1.165, 1.54) is 0 Å². The van der Waals surface area contributed by atoms with Gasteiger partial charge in [0, 0.05) is 26.2 Å². The number of amides is 1. The van der Waals surface area contributed by atoms with Gasteiger partial charge in [0.15, 0.2) is 0 Å². The monoisotopic (exact) mass is 373 g/mol. The lowest BCUT2D eigenvalue weighted by atomic mass is 10.0. The SMILES string of the molecule is COc1cc(C2CN3CCN(C(=O)OC(C)(C)C)C[C@@H]3CO2)ccc1C#N. The van der Waals surface area contributed by atoms with E-state index >= 15 is 0 Å². The molecule has 1 amide bonds. The second kappa shape index (κ2) is 7.75. The van der Waals surface area contributed by atoms with Crippen LogP contribution in [0.15, 0.2) is 18.2 Å². The lowest BCUT2D eigenvalue weighted by Crippen LogP contribution is -2.59. The zero-order valence-electron chi connectivity index (χ0n) is 16.4. The van der Waals surface area contributed by atoms with Gasteiger partial charge in [0.25, 0.3) is 0 Å². The average Bonchev–Trinajstić information content (AvgIpc) is 2.65. The second-order valence-electron chi connectivity index (χ2n) is 7.97. The molecule has 146 valence electrons. The van der Waals surface area contributed by atoms with Gasteiger partial charge in [0.2, 0.25) is 0 Å². The molecule has 0 radical (unpaired) electrons. The molecule has 2 aliphatic heterocycles. The highest BCUT2D eigenvalue weighted by Gasteiger charge is 2.36. The molecule has 27 heavy (non-hydrogen) atoms. The minimum absolute atomic E-state index is 0.0732. The first-order valence-electron chi connectivity index (χ1n) is 9.22. The number of rotatable bonds is 2. The van der Waals surface area contributed by atoms with Crippen LogP contribution >= 0.6 is 0 Å². The Morgan fingerprint density at radius 3 is 2.74 bits per heavy atom. The highest BCUT2D eigenvalue weighted by molar-refractivity contribution is 5.68. The molecule has 0 bridgehead atoms. The van der Waals surface area contributed by atoms with Crippen LogP contribution in [0.1, 0.15) is 38.0 Å². The molecule has 1 aromatic carbocycles. The largest absolute Gasteiger partial charge is 0.495 e. The Labute approximate surface area is 160 Å². The van der Waals surface area contributed by atoms with Crippen molar-refractivity contribution in [2.24, 2.45) is 0 Å². The molecule has 2 aliphatic rings. The minimum Gasteiger partial charge on any atom is -0.495 e. The van der Waals surface area contributed by atoms with Gasteiger partial charge in [-0.2, -0.15) is 5.26 Å². The molecule has 3 rings (SSSR count). The number of hydrogen-bond donors (Lipinski definition) is 0. The molecule has 0 spiro atoms. The van der Waals surface area contributed by atoms with E-state index in [9.17, 15) is 4.79 Å². The molecule has 2 atom stereocenters. The molecule has 7 nitrogen and oxygen atoms in total. The number of carbonyl (C=O) groups excluding carboxylic acids is 1. The smallest absolute Gasteiger partial charge is 0.410 e. The van der Waals surface area contributed by atoms with Gasteiger partial charge in [0.05, 0.1) is 31.4 Å². The molecule has 1 unspecified atom stereocenters. The molecule has 0 saturated carbocycles. The Morgan fingerprint density at radius 1 is 1.30 bits per heavy atom. The number of piperazine rings is 1. The maximum absolute atomic E-state index is 12.3. The van der Waals surface area contributed by atoms with Crippen LogP contribution in [-0.2, 0) is 9.47 Å². The number of benzene rings is 1. The molecule has 2 saturated heterocycles. The first kappa shape index (κ1) is 19.5. The van der Waals surface area contributed by atoms with E-state index in [1.54, 1.807) is 18.1 Å². The van der Waals surface area contributed by atoms with Crippen LogP contribution in [0.4, 0.5) is 4.79 Å². The van der Waals surface area contributed by atoms with Crippen molar-refractivity contribution in [3.63, 3.8) is 0 Å². The second-order valence-corrected chi connectivity index (χ2v) is 7.97. The predicted molar refractivity (Wildman–Crippen MR) is 99.6 cm³/mol. The number of nitrogens with zero attached hydrogens (tertiary/aromatic N) is 3. The fourth-order valence-electron chi connectivity index (χ4n) is 3.48. The van der Waals surface area contributed by atoms with Crippen molar-refractivity contribution in [2.75, 3.05) is 39.9 Å². The van der Waals surface area contributed by atoms with Crippen molar-refractivity contribution in [3.8, 4) is 11.8 Å². The number of morpholine rings is 1. The molecule has 2 fully saturated rings. The summed E-state index contributed by atoms with van der Waals surface area (Å²) in [5, 5.41) is 9.13. The molecule has 7 heteroatoms. The van der Waals surface area contributed by atoms with Gasteiger partial charge in [-0.15, -0.1) is 0 Å². The maximum atomic E-state index is 12.3. The normalized spacial score (nSPS) is 23.3. The zero-order chi connectivity index (χ0) is 19.6. The van der Waals surface area contributed by atoms with Gasteiger partial charge in [-0.1, -0.05) is 6.07 Å². The van der Waals surface area contributed by atoms with Gasteiger partial charge in [-0.3, -0.25) is 4.90 Å². The van der Waals surface area contributed by atoms with Gasteiger partial charge < -0.3 is 19.1 Å². The van der Waals surface area contributed by atoms with Gasteiger partial charge in [-0.05, 0) is 38.5 Å². The van der Waals surface area contributed by atoms with Crippen molar-refractivity contribution >= 4 is 6.09 Å². The van der Waals surface area contributed by atoms with Crippen LogP contribution in [0.5, 0.6) is 5.75 Å². The standard InChI is InChI=1S/C20H27N3O4/c1-20(2,3)27-19(24)23-8-7-22-12-18(26-13-16(22)11-23)14-5-6-15(10-21)17(9-14)25-4/h5-6,9,16,18H,7-8,11-13H2,1-4H3/t16-,18?/m1/s1. The van der Waals surface area contributed by atoms with Crippen LogP contribution in [0.3, 0.4) is 0 Å². The predicted octanol–water partition coefficient (Wildman–Crippen LogP) is 2.56. The Hall–Kier alpha value is -2.30. The number of hydrogen-bond acceptors (Lipinski definition) is 6. The van der Waals surface area contributed by atoms with Crippen molar-refractivity contribution in [1.29, 1.82) is 5.26 Å². The quantitative estimate of drug-likeness (QED) is 0.793. The van der Waals surface area contributed by atoms with Crippen LogP contribution in [0.25, 0.3) is 0 Å². The van der Waals surface area contributed by atoms with Gasteiger partial charge >= 0.3 is 6.09 Å². The molecule has 2 heterocycles. The van der Waals surface area contributed by atoms with Crippen molar-refractivity contribution in [3.05, 3.63) is 29.3 Å². The highest BCUT2D eigenvalue weighted by Crippen LogP contribution is 2.30. The highest BCUT2D eigenvalue weighted by atomic mass is 16.6. The summed E-state index contributed by atoms with van der Waals surface area (Å²) >= 11 is 0. The van der Waals surface area contributed by atoms with Crippen LogP contribution in [-0.4, -0.2) is 67.4 Å². The number of methoxy groups -OCH3 is 1. The lowest BCUT2D eigenvalue weighted by Gasteiger charge is -2.46. The topological polar surface area (TPSA) is 75.0 Å². The lowest BCUT2D eigenvalue weighted by molar-refractivity contribution is -0.0906. The number of carbonyl (C=O) groups is 1. The third kappa shape index (κ3) is 4.52. The van der Waals surface area contributed by atoms with Crippen molar-refractivity contribution in [1.82, 2.24) is 9.80 Å². The fourth-order valence-corrected chi connectivity index (χ4v) is 3.48. The molecule has 0 N–H and O–H groups in total. The Kier molecular flexibility index (Phi) is 5.59. The zero-order valence-corrected chi connectivity index (χ0v) is 16.4. The van der Waals surface area contributed by atoms with Crippen LogP contribution in [0, 0.1) is 11.3 Å². The van der Waals surface area contributed by atoms with Gasteiger partial charge in [0.1, 0.15) is 17.4 Å². The van der Waals surface area contributed by atoms with E-state index in [4.69, 9.17) is 19.5 Å². The van der Waals surface area contributed by atoms with Crippen LogP contribution in [0.2, 0.25) is 0 Å². The number of fused-ring (bicyclic) bond motifs is 1. The summed E-state index contributed by atoms with van der Waals surface area (Å²) in [6.45, 7) is 8.97. The molecular formula is C20H27N3O4. The number of nitriles is 1. The fraction of sp³-hybridized carbons (Fsp3) is 0.600. The average molecular weight is 373 g/mol. The summed E-state index contributed by atoms with van der Waals surface area (Å²) in [4.78, 5) is 16.4. The Bertz CT molecular complexity index is 738. The first-order chi connectivity index (χ1) is 12.8.